The fraction of sp³-hybridized carbons (Fsp3) is 0.100. The zero-order chi connectivity index (χ0) is 20.9. The number of halogens is 1. The van der Waals surface area contributed by atoms with E-state index in [9.17, 15) is 9.59 Å². The number of benzene rings is 2. The average Bonchev–Trinajstić information content (AvgIpc) is 3.33. The van der Waals surface area contributed by atoms with Crippen molar-refractivity contribution >= 4 is 52.3 Å². The quantitative estimate of drug-likeness (QED) is 0.303. The lowest BCUT2D eigenvalue weighted by Gasteiger charge is -2.05. The Bertz CT molecular complexity index is 1100. The number of thioether (sulfide) groups is 2. The minimum absolute atomic E-state index is 0.351. The summed E-state index contributed by atoms with van der Waals surface area (Å²) in [5.74, 6) is 1.72. The number of H-pyrrole nitrogens is 1. The topological polar surface area (TPSA) is 97.0 Å². The van der Waals surface area contributed by atoms with Crippen LogP contribution in [-0.2, 0) is 4.79 Å². The summed E-state index contributed by atoms with van der Waals surface area (Å²) in [6, 6.07) is 14.7. The van der Waals surface area contributed by atoms with Gasteiger partial charge < -0.3 is 4.74 Å². The molecule has 0 aliphatic carbocycles. The van der Waals surface area contributed by atoms with Crippen LogP contribution in [0.25, 0.3) is 17.5 Å². The standard InChI is InChI=1S/C20H15ClN4O3S2/c21-14-5-3-13(4-6-14)17-22-19(25-24-17)29-10-9-28-15-7-1-12(2-8-15)11-16-18(26)23-20(27)30-16/h1-8,11H,9-10H2,(H,22,24,25)(H,23,26,27)/b16-11-. The van der Waals surface area contributed by atoms with Crippen LogP contribution in [0.1, 0.15) is 5.56 Å². The van der Waals surface area contributed by atoms with Crippen molar-refractivity contribution in [3.8, 4) is 17.1 Å². The van der Waals surface area contributed by atoms with Crippen LogP contribution in [0.15, 0.2) is 58.6 Å². The number of nitrogens with zero attached hydrogens (tertiary/aromatic N) is 2. The average molecular weight is 459 g/mol. The number of ether oxygens (including phenoxy) is 1. The molecule has 2 aromatic carbocycles. The second kappa shape index (κ2) is 9.38. The summed E-state index contributed by atoms with van der Waals surface area (Å²) >= 11 is 8.29. The molecule has 3 aromatic rings. The summed E-state index contributed by atoms with van der Waals surface area (Å²) in [6.07, 6.45) is 1.67. The maximum Gasteiger partial charge on any atom is 0.290 e. The summed E-state index contributed by atoms with van der Waals surface area (Å²) in [7, 11) is 0. The highest BCUT2D eigenvalue weighted by molar-refractivity contribution is 8.18. The molecule has 0 spiro atoms. The van der Waals surface area contributed by atoms with E-state index >= 15 is 0 Å². The van der Waals surface area contributed by atoms with Gasteiger partial charge in [-0.05, 0) is 59.8 Å². The van der Waals surface area contributed by atoms with E-state index in [-0.39, 0.29) is 11.1 Å². The molecule has 2 N–H and O–H groups in total. The Morgan fingerprint density at radius 2 is 1.87 bits per heavy atom. The van der Waals surface area contributed by atoms with Crippen LogP contribution in [0, 0.1) is 0 Å². The van der Waals surface area contributed by atoms with Crippen LogP contribution in [0.4, 0.5) is 4.79 Å². The van der Waals surface area contributed by atoms with Gasteiger partial charge in [0.1, 0.15) is 5.75 Å². The first kappa shape index (κ1) is 20.5. The summed E-state index contributed by atoms with van der Waals surface area (Å²) < 4.78 is 5.73. The zero-order valence-electron chi connectivity index (χ0n) is 15.4. The van der Waals surface area contributed by atoms with E-state index in [1.165, 1.54) is 11.8 Å². The zero-order valence-corrected chi connectivity index (χ0v) is 17.8. The molecule has 7 nitrogen and oxygen atoms in total. The molecule has 0 atom stereocenters. The molecule has 1 aliphatic rings. The third-order valence-electron chi connectivity index (χ3n) is 3.99. The molecule has 2 amide bonds. The van der Waals surface area contributed by atoms with Crippen molar-refractivity contribution in [3.63, 3.8) is 0 Å². The van der Waals surface area contributed by atoms with E-state index in [0.717, 1.165) is 22.9 Å². The smallest absolute Gasteiger partial charge is 0.290 e. The second-order valence-corrected chi connectivity index (χ2v) is 8.60. The third-order valence-corrected chi connectivity index (χ3v) is 5.86. The molecular weight excluding hydrogens is 444 g/mol. The first-order valence-corrected chi connectivity index (χ1v) is 11.0. The van der Waals surface area contributed by atoms with E-state index in [1.807, 2.05) is 48.5 Å². The molecule has 10 heteroatoms. The van der Waals surface area contributed by atoms with E-state index in [0.29, 0.717) is 39.0 Å². The Labute approximate surface area is 185 Å². The summed E-state index contributed by atoms with van der Waals surface area (Å²) in [5, 5.41) is 10.3. The molecular formula is C20H15ClN4O3S2. The molecule has 0 unspecified atom stereocenters. The van der Waals surface area contributed by atoms with E-state index in [2.05, 4.69) is 20.5 Å². The van der Waals surface area contributed by atoms with Gasteiger partial charge in [-0.1, -0.05) is 35.5 Å². The van der Waals surface area contributed by atoms with Crippen molar-refractivity contribution in [3.05, 3.63) is 64.0 Å². The lowest BCUT2D eigenvalue weighted by atomic mass is 10.2. The molecule has 1 saturated heterocycles. The van der Waals surface area contributed by atoms with Crippen molar-refractivity contribution in [2.24, 2.45) is 0 Å². The van der Waals surface area contributed by atoms with Gasteiger partial charge in [0.05, 0.1) is 11.5 Å². The largest absolute Gasteiger partial charge is 0.493 e. The van der Waals surface area contributed by atoms with Gasteiger partial charge in [-0.2, -0.15) is 0 Å². The summed E-state index contributed by atoms with van der Waals surface area (Å²) in [4.78, 5) is 27.6. The fourth-order valence-electron chi connectivity index (χ4n) is 2.57. The third kappa shape index (κ3) is 5.24. The monoisotopic (exact) mass is 458 g/mol. The number of imide groups is 1. The van der Waals surface area contributed by atoms with Gasteiger partial charge in [-0.15, -0.1) is 5.10 Å². The van der Waals surface area contributed by atoms with Crippen LogP contribution in [0.5, 0.6) is 5.75 Å². The summed E-state index contributed by atoms with van der Waals surface area (Å²) in [5.41, 5.74) is 1.74. The maximum absolute atomic E-state index is 11.6. The number of aromatic nitrogens is 3. The van der Waals surface area contributed by atoms with Crippen molar-refractivity contribution in [2.75, 3.05) is 12.4 Å². The van der Waals surface area contributed by atoms with E-state index in [4.69, 9.17) is 16.3 Å². The minimum Gasteiger partial charge on any atom is -0.493 e. The van der Waals surface area contributed by atoms with Gasteiger partial charge >= 0.3 is 0 Å². The lowest BCUT2D eigenvalue weighted by molar-refractivity contribution is -0.115. The molecule has 30 heavy (non-hydrogen) atoms. The van der Waals surface area contributed by atoms with Crippen LogP contribution >= 0.6 is 35.1 Å². The normalized spacial score (nSPS) is 14.9. The SMILES string of the molecule is O=C1NC(=O)/C(=C/c2ccc(OCCSc3n[nH]c(-c4ccc(Cl)cc4)n3)cc2)S1. The van der Waals surface area contributed by atoms with Crippen molar-refractivity contribution in [1.29, 1.82) is 0 Å². The molecule has 1 aliphatic heterocycles. The number of carbonyl (C=O) groups excluding carboxylic acids is 2. The Kier molecular flexibility index (Phi) is 6.41. The fourth-order valence-corrected chi connectivity index (χ4v) is 4.00. The predicted octanol–water partition coefficient (Wildman–Crippen LogP) is 4.62. The first-order chi connectivity index (χ1) is 14.6. The van der Waals surface area contributed by atoms with Crippen molar-refractivity contribution in [1.82, 2.24) is 20.5 Å². The predicted molar refractivity (Wildman–Crippen MR) is 119 cm³/mol. The number of hydrogen-bond acceptors (Lipinski definition) is 7. The van der Waals surface area contributed by atoms with Crippen LogP contribution in [0.2, 0.25) is 5.02 Å². The number of hydrogen-bond donors (Lipinski definition) is 2. The van der Waals surface area contributed by atoms with Gasteiger partial charge in [0, 0.05) is 16.3 Å². The van der Waals surface area contributed by atoms with Gasteiger partial charge in [0.25, 0.3) is 11.1 Å². The molecule has 0 radical (unpaired) electrons. The highest BCUT2D eigenvalue weighted by atomic mass is 35.5. The van der Waals surface area contributed by atoms with Gasteiger partial charge in [-0.25, -0.2) is 4.98 Å². The molecule has 0 bridgehead atoms. The van der Waals surface area contributed by atoms with Gasteiger partial charge in [0.15, 0.2) is 5.82 Å². The van der Waals surface area contributed by atoms with Crippen molar-refractivity contribution in [2.45, 2.75) is 5.16 Å². The Hall–Kier alpha value is -2.75. The number of carbonyl (C=O) groups is 2. The van der Waals surface area contributed by atoms with Crippen LogP contribution < -0.4 is 10.1 Å². The maximum atomic E-state index is 11.6. The molecule has 152 valence electrons. The van der Waals surface area contributed by atoms with Crippen molar-refractivity contribution < 1.29 is 14.3 Å². The van der Waals surface area contributed by atoms with E-state index in [1.54, 1.807) is 6.08 Å². The molecule has 1 fully saturated rings. The highest BCUT2D eigenvalue weighted by Gasteiger charge is 2.24. The highest BCUT2D eigenvalue weighted by Crippen LogP contribution is 2.26. The second-order valence-electron chi connectivity index (χ2n) is 6.09. The lowest BCUT2D eigenvalue weighted by Crippen LogP contribution is -2.17. The first-order valence-electron chi connectivity index (χ1n) is 8.86. The number of rotatable bonds is 7. The van der Waals surface area contributed by atoms with Gasteiger partial charge in [-0.3, -0.25) is 20.0 Å². The molecule has 0 saturated carbocycles. The Balaban J connectivity index is 1.25. The Morgan fingerprint density at radius 3 is 2.57 bits per heavy atom. The number of aromatic amines is 1. The van der Waals surface area contributed by atoms with E-state index < -0.39 is 0 Å². The molecule has 1 aromatic heterocycles. The number of amides is 2. The minimum atomic E-state index is -0.367. The molecule has 4 rings (SSSR count). The van der Waals surface area contributed by atoms with Crippen LogP contribution in [-0.4, -0.2) is 38.7 Å². The Morgan fingerprint density at radius 1 is 1.10 bits per heavy atom. The van der Waals surface area contributed by atoms with Crippen LogP contribution in [0.3, 0.4) is 0 Å². The molecule has 2 heterocycles. The van der Waals surface area contributed by atoms with Gasteiger partial charge in [0.2, 0.25) is 5.16 Å². The summed E-state index contributed by atoms with van der Waals surface area (Å²) in [6.45, 7) is 0.489. The number of nitrogens with one attached hydrogen (secondary N) is 2.